The Morgan fingerprint density at radius 3 is 2.43 bits per heavy atom. The number of nitrogens with two attached hydrogens (primary N) is 1. The number of halogens is 3. The lowest BCUT2D eigenvalue weighted by atomic mass is 9.86. The van der Waals surface area contributed by atoms with Gasteiger partial charge in [0.1, 0.15) is 11.3 Å². The van der Waals surface area contributed by atoms with Crippen LogP contribution < -0.4 is 11.1 Å². The number of amides is 2. The van der Waals surface area contributed by atoms with Crippen LogP contribution in [-0.2, 0) is 10.9 Å². The number of nitrogen functional groups attached to an aromatic ring is 1. The molecule has 1 unspecified atom stereocenters. The van der Waals surface area contributed by atoms with Gasteiger partial charge < -0.3 is 20.7 Å². The monoisotopic (exact) mass is 641 g/mol. The highest BCUT2D eigenvalue weighted by molar-refractivity contribution is 6.01. The summed E-state index contributed by atoms with van der Waals surface area (Å²) in [7, 11) is 0. The zero-order valence-corrected chi connectivity index (χ0v) is 26.4. The molecule has 2 amide bonds. The first-order valence-corrected chi connectivity index (χ1v) is 15.1. The quantitative estimate of drug-likeness (QED) is 0.275. The third-order valence-electron chi connectivity index (χ3n) is 7.96. The first kappa shape index (κ1) is 32.7. The van der Waals surface area contributed by atoms with E-state index < -0.39 is 29.6 Å². The molecule has 1 fully saturated rings. The van der Waals surface area contributed by atoms with Gasteiger partial charge in [0.25, 0.3) is 5.91 Å². The zero-order chi connectivity index (χ0) is 33.4. The molecule has 1 aliphatic rings. The van der Waals surface area contributed by atoms with Gasteiger partial charge in [0.15, 0.2) is 5.65 Å². The molecule has 1 saturated heterocycles. The van der Waals surface area contributed by atoms with Crippen molar-refractivity contribution < 1.29 is 27.5 Å². The first-order valence-electron chi connectivity index (χ1n) is 15.1. The van der Waals surface area contributed by atoms with Crippen LogP contribution in [-0.4, -0.2) is 71.0 Å². The van der Waals surface area contributed by atoms with Gasteiger partial charge in [-0.25, -0.2) is 9.31 Å². The van der Waals surface area contributed by atoms with Crippen LogP contribution in [0.25, 0.3) is 16.8 Å². The lowest BCUT2D eigenvalue weighted by molar-refractivity contribution is -0.141. The molecule has 5 rings (SSSR count). The maximum Gasteiger partial charge on any atom is 0.433 e. The minimum Gasteiger partial charge on any atom is -0.444 e. The Morgan fingerprint density at radius 1 is 1.11 bits per heavy atom. The van der Waals surface area contributed by atoms with E-state index in [0.29, 0.717) is 48.3 Å². The van der Waals surface area contributed by atoms with Crippen LogP contribution in [0.15, 0.2) is 43.0 Å². The van der Waals surface area contributed by atoms with E-state index in [-0.39, 0.29) is 29.4 Å². The number of nitrogens with zero attached hydrogens (tertiary/aromatic N) is 7. The van der Waals surface area contributed by atoms with E-state index in [4.69, 9.17) is 10.5 Å². The number of ether oxygens (including phenoxy) is 1. The molecule has 2 atom stereocenters. The number of alkyl halides is 3. The molecule has 0 aliphatic carbocycles. The number of rotatable bonds is 7. The molecule has 12 nitrogen and oxygen atoms in total. The lowest BCUT2D eigenvalue weighted by Crippen LogP contribution is -2.43. The maximum atomic E-state index is 13.3. The van der Waals surface area contributed by atoms with E-state index >= 15 is 0 Å². The lowest BCUT2D eigenvalue weighted by Gasteiger charge is -2.37. The molecule has 15 heteroatoms. The fourth-order valence-electron chi connectivity index (χ4n) is 5.48. The van der Waals surface area contributed by atoms with Crippen LogP contribution in [0.4, 0.5) is 23.9 Å². The Balaban J connectivity index is 1.49. The number of carbonyl (C=O) groups excluding carboxylic acids is 2. The Morgan fingerprint density at radius 2 is 1.83 bits per heavy atom. The number of anilines is 1. The number of piperidine rings is 1. The zero-order valence-electron chi connectivity index (χ0n) is 26.4. The third-order valence-corrected chi connectivity index (χ3v) is 7.96. The van der Waals surface area contributed by atoms with E-state index in [0.717, 1.165) is 12.5 Å². The van der Waals surface area contributed by atoms with Crippen LogP contribution in [0, 0.1) is 5.92 Å². The number of likely N-dealkylation sites (tertiary alicyclic amines) is 1. The van der Waals surface area contributed by atoms with Gasteiger partial charge in [-0.05, 0) is 70.6 Å². The highest BCUT2D eigenvalue weighted by Gasteiger charge is 2.35. The van der Waals surface area contributed by atoms with Crippen molar-refractivity contribution in [3.63, 3.8) is 0 Å². The summed E-state index contributed by atoms with van der Waals surface area (Å²) in [6.07, 6.45) is 3.20. The molecule has 246 valence electrons. The van der Waals surface area contributed by atoms with E-state index in [2.05, 4.69) is 25.5 Å². The van der Waals surface area contributed by atoms with E-state index in [9.17, 15) is 22.8 Å². The van der Waals surface area contributed by atoms with E-state index in [1.54, 1.807) is 55.0 Å². The smallest absolute Gasteiger partial charge is 0.433 e. The number of fused-ring (bicyclic) bond motifs is 1. The summed E-state index contributed by atoms with van der Waals surface area (Å²) < 4.78 is 48.7. The molecular weight excluding hydrogens is 603 g/mol. The number of hydrogen-bond donors (Lipinski definition) is 2. The van der Waals surface area contributed by atoms with Gasteiger partial charge in [-0.1, -0.05) is 13.0 Å². The summed E-state index contributed by atoms with van der Waals surface area (Å²) in [4.78, 5) is 35.5. The molecular formula is C31H38F3N9O3. The number of aromatic nitrogens is 6. The number of nitrogens with one attached hydrogen (secondary N) is 1. The molecule has 4 aromatic heterocycles. The van der Waals surface area contributed by atoms with Gasteiger partial charge >= 0.3 is 12.3 Å². The van der Waals surface area contributed by atoms with Crippen molar-refractivity contribution in [3.05, 3.63) is 59.8 Å². The fraction of sp³-hybridized carbons (Fsp3) is 0.484. The molecule has 5 heterocycles. The average Bonchev–Trinajstić information content (AvgIpc) is 3.62. The van der Waals surface area contributed by atoms with Crippen LogP contribution in [0.5, 0.6) is 0 Å². The molecule has 0 radical (unpaired) electrons. The highest BCUT2D eigenvalue weighted by Crippen LogP contribution is 2.36. The van der Waals surface area contributed by atoms with Crippen molar-refractivity contribution in [1.29, 1.82) is 0 Å². The summed E-state index contributed by atoms with van der Waals surface area (Å²) >= 11 is 0. The molecule has 0 saturated carbocycles. The fourth-order valence-corrected chi connectivity index (χ4v) is 5.48. The second-order valence-corrected chi connectivity index (χ2v) is 12.6. The highest BCUT2D eigenvalue weighted by atomic mass is 19.4. The maximum absolute atomic E-state index is 13.3. The largest absolute Gasteiger partial charge is 0.444 e. The molecule has 0 bridgehead atoms. The average molecular weight is 642 g/mol. The topological polar surface area (TPSA) is 146 Å². The van der Waals surface area contributed by atoms with Gasteiger partial charge in [0.05, 0.1) is 17.8 Å². The second kappa shape index (κ2) is 12.6. The standard InChI is InChI=1S/C31H38F3N9O3/c1-6-18(2)38-27(44)23-13-21(16-43-26(23)39-28(35)40-43)22-15-37-42(17-22)25(20-7-8-24(36-14-20)31(32,33)34)19-9-11-41(12-10-19)29(45)46-30(3,4)5/h7-8,13-19,25H,6,9-12H2,1-5H3,(H2,35,40)(H,38,44)/t18?,25-/m0/s1. The summed E-state index contributed by atoms with van der Waals surface area (Å²) in [5.41, 5.74) is 6.63. The SMILES string of the molecule is CCC(C)NC(=O)c1cc(-c2cnn([C@H](c3ccc(C(F)(F)F)nc3)C3CCN(C(=O)OC(C)(C)C)CC3)c2)cn2nc(N)nc12. The van der Waals surface area contributed by atoms with Crippen LogP contribution in [0.3, 0.4) is 0 Å². The Labute approximate surface area is 264 Å². The van der Waals surface area contributed by atoms with Crippen molar-refractivity contribution in [2.75, 3.05) is 18.8 Å². The predicted molar refractivity (Wildman–Crippen MR) is 164 cm³/mol. The summed E-state index contributed by atoms with van der Waals surface area (Å²) in [5, 5.41) is 11.8. The summed E-state index contributed by atoms with van der Waals surface area (Å²) in [5.74, 6) is -0.399. The molecule has 0 aromatic carbocycles. The molecule has 3 N–H and O–H groups in total. The van der Waals surface area contributed by atoms with Crippen molar-refractivity contribution in [2.45, 2.75) is 77.7 Å². The summed E-state index contributed by atoms with van der Waals surface area (Å²) in [6.45, 7) is 10.1. The molecule has 0 spiro atoms. The Hall–Kier alpha value is -4.69. The second-order valence-electron chi connectivity index (χ2n) is 12.6. The normalized spacial score (nSPS) is 16.0. The third kappa shape index (κ3) is 7.23. The van der Waals surface area contributed by atoms with Gasteiger partial charge in [-0.15, -0.1) is 5.10 Å². The van der Waals surface area contributed by atoms with Crippen molar-refractivity contribution in [2.24, 2.45) is 5.92 Å². The van der Waals surface area contributed by atoms with Gasteiger partial charge in [-0.2, -0.15) is 23.3 Å². The van der Waals surface area contributed by atoms with Gasteiger partial charge in [0.2, 0.25) is 5.95 Å². The van der Waals surface area contributed by atoms with Gasteiger partial charge in [0, 0.05) is 48.8 Å². The van der Waals surface area contributed by atoms with Crippen molar-refractivity contribution in [1.82, 2.24) is 39.6 Å². The molecule has 46 heavy (non-hydrogen) atoms. The van der Waals surface area contributed by atoms with Crippen molar-refractivity contribution in [3.8, 4) is 11.1 Å². The number of hydrogen-bond acceptors (Lipinski definition) is 8. The minimum absolute atomic E-state index is 0.0121. The van der Waals surface area contributed by atoms with E-state index in [1.165, 1.54) is 16.8 Å². The Bertz CT molecular complexity index is 1700. The van der Waals surface area contributed by atoms with Gasteiger partial charge in [-0.3, -0.25) is 14.5 Å². The summed E-state index contributed by atoms with van der Waals surface area (Å²) in [6, 6.07) is 3.52. The number of carbonyl (C=O) groups is 2. The van der Waals surface area contributed by atoms with Crippen molar-refractivity contribution >= 4 is 23.6 Å². The molecule has 1 aliphatic heterocycles. The van der Waals surface area contributed by atoms with Crippen LogP contribution in [0.2, 0.25) is 0 Å². The van der Waals surface area contributed by atoms with Crippen LogP contribution >= 0.6 is 0 Å². The molecule has 4 aromatic rings. The number of pyridine rings is 2. The Kier molecular flexibility index (Phi) is 8.96. The predicted octanol–water partition coefficient (Wildman–Crippen LogP) is 5.35. The minimum atomic E-state index is -4.58. The van der Waals surface area contributed by atoms with Crippen LogP contribution in [0.1, 0.15) is 81.5 Å². The first-order chi connectivity index (χ1) is 21.6. The van der Waals surface area contributed by atoms with E-state index in [1.807, 2.05) is 13.8 Å².